The number of amides is 1. The van der Waals surface area contributed by atoms with Gasteiger partial charge in [-0.2, -0.15) is 0 Å². The molecule has 0 aliphatic carbocycles. The Morgan fingerprint density at radius 2 is 2.21 bits per heavy atom. The minimum absolute atomic E-state index is 0.184. The zero-order valence-electron chi connectivity index (χ0n) is 11.0. The SMILES string of the molecule is NNC(=O)C(c1ccccc1)N1CCC(CCO)C1. The number of aliphatic hydroxyl groups is 1. The molecule has 19 heavy (non-hydrogen) atoms. The van der Waals surface area contributed by atoms with Crippen molar-refractivity contribution in [1.29, 1.82) is 0 Å². The fourth-order valence-corrected chi connectivity index (χ4v) is 2.76. The summed E-state index contributed by atoms with van der Waals surface area (Å²) in [5.41, 5.74) is 3.21. The monoisotopic (exact) mass is 263 g/mol. The molecule has 5 nitrogen and oxygen atoms in total. The van der Waals surface area contributed by atoms with Crippen LogP contribution in [-0.4, -0.2) is 35.6 Å². The van der Waals surface area contributed by atoms with Gasteiger partial charge >= 0.3 is 0 Å². The molecule has 104 valence electrons. The number of carbonyl (C=O) groups is 1. The summed E-state index contributed by atoms with van der Waals surface area (Å²) in [6, 6.07) is 9.33. The third-order valence-corrected chi connectivity index (χ3v) is 3.73. The minimum Gasteiger partial charge on any atom is -0.396 e. The molecule has 0 aromatic heterocycles. The highest BCUT2D eigenvalue weighted by molar-refractivity contribution is 5.82. The first-order valence-electron chi connectivity index (χ1n) is 6.66. The van der Waals surface area contributed by atoms with Crippen LogP contribution in [0.25, 0.3) is 0 Å². The Labute approximate surface area is 113 Å². The summed E-state index contributed by atoms with van der Waals surface area (Å²) >= 11 is 0. The largest absolute Gasteiger partial charge is 0.396 e. The molecule has 1 aromatic carbocycles. The number of carbonyl (C=O) groups excluding carboxylic acids is 1. The number of hydrazine groups is 1. The van der Waals surface area contributed by atoms with Crippen molar-refractivity contribution >= 4 is 5.91 Å². The summed E-state index contributed by atoms with van der Waals surface area (Å²) in [5.74, 6) is 5.58. The van der Waals surface area contributed by atoms with Crippen molar-refractivity contribution in [2.75, 3.05) is 19.7 Å². The van der Waals surface area contributed by atoms with Gasteiger partial charge in [-0.25, -0.2) is 5.84 Å². The highest BCUT2D eigenvalue weighted by Gasteiger charge is 2.32. The lowest BCUT2D eigenvalue weighted by atomic mass is 10.0. The molecular weight excluding hydrogens is 242 g/mol. The molecule has 1 fully saturated rings. The molecule has 2 atom stereocenters. The van der Waals surface area contributed by atoms with E-state index in [9.17, 15) is 4.79 Å². The standard InChI is InChI=1S/C14H21N3O2/c15-16-14(19)13(12-4-2-1-3-5-12)17-8-6-11(10-17)7-9-18/h1-5,11,13,18H,6-10,15H2,(H,16,19). The van der Waals surface area contributed by atoms with Crippen LogP contribution in [0, 0.1) is 5.92 Å². The van der Waals surface area contributed by atoms with Crippen LogP contribution >= 0.6 is 0 Å². The molecule has 2 rings (SSSR count). The topological polar surface area (TPSA) is 78.6 Å². The Morgan fingerprint density at radius 1 is 1.47 bits per heavy atom. The number of nitrogens with two attached hydrogens (primary N) is 1. The van der Waals surface area contributed by atoms with Gasteiger partial charge in [0.1, 0.15) is 6.04 Å². The van der Waals surface area contributed by atoms with Gasteiger partial charge in [0.25, 0.3) is 5.91 Å². The average Bonchev–Trinajstić information content (AvgIpc) is 2.89. The fourth-order valence-electron chi connectivity index (χ4n) is 2.76. The summed E-state index contributed by atoms with van der Waals surface area (Å²) in [6.07, 6.45) is 1.81. The second kappa shape index (κ2) is 6.65. The zero-order valence-corrected chi connectivity index (χ0v) is 11.0. The van der Waals surface area contributed by atoms with Gasteiger partial charge in [-0.15, -0.1) is 0 Å². The van der Waals surface area contributed by atoms with Crippen molar-refractivity contribution in [3.05, 3.63) is 35.9 Å². The normalized spacial score (nSPS) is 21.3. The van der Waals surface area contributed by atoms with E-state index >= 15 is 0 Å². The van der Waals surface area contributed by atoms with Crippen molar-refractivity contribution in [2.24, 2.45) is 11.8 Å². The lowest BCUT2D eigenvalue weighted by Crippen LogP contribution is -2.42. The lowest BCUT2D eigenvalue weighted by Gasteiger charge is -2.26. The third-order valence-electron chi connectivity index (χ3n) is 3.73. The number of hydrogen-bond donors (Lipinski definition) is 3. The van der Waals surface area contributed by atoms with Gasteiger partial charge in [-0.1, -0.05) is 30.3 Å². The van der Waals surface area contributed by atoms with Gasteiger partial charge in [0.15, 0.2) is 0 Å². The Morgan fingerprint density at radius 3 is 2.84 bits per heavy atom. The van der Waals surface area contributed by atoms with Gasteiger partial charge in [0, 0.05) is 13.2 Å². The second-order valence-electron chi connectivity index (χ2n) is 4.98. The molecule has 1 saturated heterocycles. The molecule has 1 aliphatic rings. The van der Waals surface area contributed by atoms with E-state index in [0.717, 1.165) is 31.5 Å². The number of hydrogen-bond acceptors (Lipinski definition) is 4. The van der Waals surface area contributed by atoms with E-state index in [2.05, 4.69) is 10.3 Å². The van der Waals surface area contributed by atoms with Crippen molar-refractivity contribution in [3.8, 4) is 0 Å². The van der Waals surface area contributed by atoms with E-state index < -0.39 is 0 Å². The predicted molar refractivity (Wildman–Crippen MR) is 72.9 cm³/mol. The number of nitrogens with zero attached hydrogens (tertiary/aromatic N) is 1. The van der Waals surface area contributed by atoms with Gasteiger partial charge < -0.3 is 5.11 Å². The smallest absolute Gasteiger partial charge is 0.255 e. The summed E-state index contributed by atoms with van der Waals surface area (Å²) < 4.78 is 0. The van der Waals surface area contributed by atoms with Crippen LogP contribution in [-0.2, 0) is 4.79 Å². The fraction of sp³-hybridized carbons (Fsp3) is 0.500. The average molecular weight is 263 g/mol. The summed E-state index contributed by atoms with van der Waals surface area (Å²) in [5, 5.41) is 9.01. The van der Waals surface area contributed by atoms with Gasteiger partial charge in [-0.05, 0) is 30.9 Å². The van der Waals surface area contributed by atoms with Crippen LogP contribution in [0.15, 0.2) is 30.3 Å². The molecule has 0 spiro atoms. The van der Waals surface area contributed by atoms with Gasteiger partial charge in [0.2, 0.25) is 0 Å². The maximum atomic E-state index is 12.0. The second-order valence-corrected chi connectivity index (χ2v) is 4.98. The molecule has 0 radical (unpaired) electrons. The molecule has 0 bridgehead atoms. The number of likely N-dealkylation sites (tertiary alicyclic amines) is 1. The van der Waals surface area contributed by atoms with Crippen LogP contribution in [0.4, 0.5) is 0 Å². The third kappa shape index (κ3) is 3.32. The first-order valence-corrected chi connectivity index (χ1v) is 6.66. The number of nitrogens with one attached hydrogen (secondary N) is 1. The van der Waals surface area contributed by atoms with E-state index in [1.165, 1.54) is 0 Å². The maximum Gasteiger partial charge on any atom is 0.255 e. The molecule has 2 unspecified atom stereocenters. The van der Waals surface area contributed by atoms with Crippen LogP contribution in [0.1, 0.15) is 24.4 Å². The molecule has 1 aliphatic heterocycles. The Bertz CT molecular complexity index is 410. The first kappa shape index (κ1) is 14.0. The van der Waals surface area contributed by atoms with Crippen LogP contribution in [0.5, 0.6) is 0 Å². The van der Waals surface area contributed by atoms with E-state index in [1.807, 2.05) is 30.3 Å². The summed E-state index contributed by atoms with van der Waals surface area (Å²) in [4.78, 5) is 14.2. The minimum atomic E-state index is -0.338. The molecule has 1 heterocycles. The Kier molecular flexibility index (Phi) is 4.90. The molecule has 1 amide bonds. The zero-order chi connectivity index (χ0) is 13.7. The first-order chi connectivity index (χ1) is 9.26. The molecular formula is C14H21N3O2. The Balaban J connectivity index is 2.14. The van der Waals surface area contributed by atoms with E-state index in [1.54, 1.807) is 0 Å². The lowest BCUT2D eigenvalue weighted by molar-refractivity contribution is -0.126. The number of aliphatic hydroxyl groups excluding tert-OH is 1. The molecule has 0 saturated carbocycles. The maximum absolute atomic E-state index is 12.0. The van der Waals surface area contributed by atoms with Crippen LogP contribution in [0.3, 0.4) is 0 Å². The molecule has 4 N–H and O–H groups in total. The number of rotatable bonds is 5. The van der Waals surface area contributed by atoms with Gasteiger partial charge in [0.05, 0.1) is 0 Å². The molecule has 1 aromatic rings. The summed E-state index contributed by atoms with van der Waals surface area (Å²) in [6.45, 7) is 1.89. The van der Waals surface area contributed by atoms with Gasteiger partial charge in [-0.3, -0.25) is 15.1 Å². The van der Waals surface area contributed by atoms with Crippen molar-refractivity contribution < 1.29 is 9.90 Å². The van der Waals surface area contributed by atoms with Crippen molar-refractivity contribution in [2.45, 2.75) is 18.9 Å². The van der Waals surface area contributed by atoms with Crippen molar-refractivity contribution in [1.82, 2.24) is 10.3 Å². The Hall–Kier alpha value is -1.43. The highest BCUT2D eigenvalue weighted by atomic mass is 16.3. The number of benzene rings is 1. The van der Waals surface area contributed by atoms with Crippen LogP contribution in [0.2, 0.25) is 0 Å². The predicted octanol–water partition coefficient (Wildman–Crippen LogP) is 0.422. The quantitative estimate of drug-likeness (QED) is 0.409. The van der Waals surface area contributed by atoms with E-state index in [0.29, 0.717) is 5.92 Å². The van der Waals surface area contributed by atoms with Crippen LogP contribution < -0.4 is 11.3 Å². The van der Waals surface area contributed by atoms with Crippen molar-refractivity contribution in [3.63, 3.8) is 0 Å². The van der Waals surface area contributed by atoms with E-state index in [4.69, 9.17) is 10.9 Å². The molecule has 5 heteroatoms. The summed E-state index contributed by atoms with van der Waals surface area (Å²) in [7, 11) is 0. The highest BCUT2D eigenvalue weighted by Crippen LogP contribution is 2.29. The van der Waals surface area contributed by atoms with E-state index in [-0.39, 0.29) is 18.6 Å².